The van der Waals surface area contributed by atoms with Crippen molar-refractivity contribution in [3.8, 4) is 0 Å². The quantitative estimate of drug-likeness (QED) is 0.801. The Kier molecular flexibility index (Phi) is 5.18. The average Bonchev–Trinajstić information content (AvgIpc) is 2.14. The molecule has 0 aliphatic carbocycles. The molecule has 0 aliphatic heterocycles. The lowest BCUT2D eigenvalue weighted by Gasteiger charge is -2.12. The Bertz CT molecular complexity index is 356. The molecule has 92 valence electrons. The first-order valence-electron chi connectivity index (χ1n) is 4.08. The van der Waals surface area contributed by atoms with Gasteiger partial charge in [0.2, 0.25) is 0 Å². The van der Waals surface area contributed by atoms with Gasteiger partial charge in [0, 0.05) is 0 Å². The van der Waals surface area contributed by atoms with Gasteiger partial charge in [0.05, 0.1) is 18.2 Å². The van der Waals surface area contributed by atoms with Crippen molar-refractivity contribution in [3.63, 3.8) is 0 Å². The van der Waals surface area contributed by atoms with Crippen LogP contribution in [-0.2, 0) is 6.18 Å². The van der Waals surface area contributed by atoms with Gasteiger partial charge in [0.15, 0.2) is 0 Å². The van der Waals surface area contributed by atoms with Crippen molar-refractivity contribution < 1.29 is 22.7 Å². The number of rotatable bonds is 2. The van der Waals surface area contributed by atoms with E-state index in [-0.39, 0.29) is 18.0 Å². The lowest BCUT2D eigenvalue weighted by atomic mass is 10.0. The van der Waals surface area contributed by atoms with E-state index >= 15 is 0 Å². The molecule has 7 heteroatoms. The van der Waals surface area contributed by atoms with E-state index in [1.54, 1.807) is 0 Å². The van der Waals surface area contributed by atoms with Crippen molar-refractivity contribution >= 4 is 12.4 Å². The number of aliphatic hydroxyl groups is 1. The second kappa shape index (κ2) is 5.47. The largest absolute Gasteiger partial charge is 0.416 e. The van der Waals surface area contributed by atoms with Gasteiger partial charge in [-0.25, -0.2) is 4.39 Å². The molecule has 0 bridgehead atoms. The van der Waals surface area contributed by atoms with Crippen LogP contribution in [0, 0.1) is 5.82 Å². The Morgan fingerprint density at radius 1 is 1.25 bits per heavy atom. The predicted octanol–water partition coefficient (Wildman–Crippen LogP) is 2.26. The van der Waals surface area contributed by atoms with Gasteiger partial charge in [0.25, 0.3) is 0 Å². The molecule has 1 aromatic carbocycles. The molecule has 0 saturated carbocycles. The van der Waals surface area contributed by atoms with Crippen molar-refractivity contribution in [2.24, 2.45) is 5.73 Å². The van der Waals surface area contributed by atoms with Crippen LogP contribution in [0.2, 0.25) is 0 Å². The third-order valence-corrected chi connectivity index (χ3v) is 1.87. The van der Waals surface area contributed by atoms with Crippen LogP contribution in [0.1, 0.15) is 17.2 Å². The van der Waals surface area contributed by atoms with Gasteiger partial charge < -0.3 is 10.8 Å². The maximum Gasteiger partial charge on any atom is 0.416 e. The summed E-state index contributed by atoms with van der Waals surface area (Å²) in [6.45, 7) is -0.541. The highest BCUT2D eigenvalue weighted by atomic mass is 35.5. The normalized spacial score (nSPS) is 13.1. The second-order valence-corrected chi connectivity index (χ2v) is 3.06. The number of nitrogens with two attached hydrogens (primary N) is 1. The summed E-state index contributed by atoms with van der Waals surface area (Å²) in [5.74, 6) is -1.02. The Labute approximate surface area is 95.5 Å². The van der Waals surface area contributed by atoms with Gasteiger partial charge in [-0.05, 0) is 23.8 Å². The summed E-state index contributed by atoms with van der Waals surface area (Å²) < 4.78 is 49.6. The van der Waals surface area contributed by atoms with E-state index in [1.807, 2.05) is 0 Å². The Balaban J connectivity index is 0.00000225. The zero-order chi connectivity index (χ0) is 11.6. The van der Waals surface area contributed by atoms with Crippen LogP contribution in [-0.4, -0.2) is 11.7 Å². The number of benzene rings is 1. The molecular formula is C9H10ClF4NO. The Hall–Kier alpha value is -0.850. The highest BCUT2D eigenvalue weighted by molar-refractivity contribution is 5.85. The van der Waals surface area contributed by atoms with Crippen LogP contribution in [0.5, 0.6) is 0 Å². The third kappa shape index (κ3) is 3.62. The molecule has 0 fully saturated rings. The average molecular weight is 260 g/mol. The van der Waals surface area contributed by atoms with Crippen LogP contribution < -0.4 is 5.73 Å². The third-order valence-electron chi connectivity index (χ3n) is 1.87. The Morgan fingerprint density at radius 2 is 1.81 bits per heavy atom. The molecule has 0 saturated heterocycles. The zero-order valence-electron chi connectivity index (χ0n) is 7.96. The summed E-state index contributed by atoms with van der Waals surface area (Å²) in [5, 5.41) is 8.64. The summed E-state index contributed by atoms with van der Waals surface area (Å²) in [7, 11) is 0. The van der Waals surface area contributed by atoms with Gasteiger partial charge in [0.1, 0.15) is 5.82 Å². The highest BCUT2D eigenvalue weighted by Gasteiger charge is 2.31. The standard InChI is InChI=1S/C9H9F4NO.ClH/c10-7-2-5(8(14)4-15)1-6(3-7)9(11,12)13;/h1-3,8,15H,4,14H2;1H/t8-;/m0./s1. The minimum Gasteiger partial charge on any atom is -0.394 e. The van der Waals surface area contributed by atoms with Crippen LogP contribution in [0.15, 0.2) is 18.2 Å². The molecule has 0 aromatic heterocycles. The van der Waals surface area contributed by atoms with Gasteiger partial charge in [-0.3, -0.25) is 0 Å². The van der Waals surface area contributed by atoms with Crippen LogP contribution in [0.25, 0.3) is 0 Å². The molecule has 0 radical (unpaired) electrons. The molecule has 1 atom stereocenters. The number of hydrogen-bond donors (Lipinski definition) is 2. The molecule has 1 rings (SSSR count). The molecule has 3 N–H and O–H groups in total. The van der Waals surface area contributed by atoms with E-state index in [0.29, 0.717) is 6.07 Å². The maximum atomic E-state index is 12.8. The van der Waals surface area contributed by atoms with Gasteiger partial charge in [-0.2, -0.15) is 13.2 Å². The van der Waals surface area contributed by atoms with E-state index in [2.05, 4.69) is 0 Å². The minimum atomic E-state index is -4.62. The molecule has 16 heavy (non-hydrogen) atoms. The number of hydrogen-bond acceptors (Lipinski definition) is 2. The fourth-order valence-electron chi connectivity index (χ4n) is 1.10. The monoisotopic (exact) mass is 259 g/mol. The van der Waals surface area contributed by atoms with E-state index in [1.165, 1.54) is 0 Å². The minimum absolute atomic E-state index is 0. The molecule has 0 unspecified atom stereocenters. The topological polar surface area (TPSA) is 46.2 Å². The van der Waals surface area contributed by atoms with Crippen molar-refractivity contribution in [3.05, 3.63) is 35.1 Å². The second-order valence-electron chi connectivity index (χ2n) is 3.06. The van der Waals surface area contributed by atoms with Crippen molar-refractivity contribution in [1.82, 2.24) is 0 Å². The number of halogens is 5. The molecule has 0 amide bonds. The fourth-order valence-corrected chi connectivity index (χ4v) is 1.10. The number of alkyl halides is 3. The maximum absolute atomic E-state index is 12.8. The summed E-state index contributed by atoms with van der Waals surface area (Å²) in [5.41, 5.74) is 4.10. The number of aliphatic hydroxyl groups excluding tert-OH is 1. The summed E-state index contributed by atoms with van der Waals surface area (Å²) in [4.78, 5) is 0. The van der Waals surface area contributed by atoms with Crippen molar-refractivity contribution in [2.75, 3.05) is 6.61 Å². The highest BCUT2D eigenvalue weighted by Crippen LogP contribution is 2.31. The summed E-state index contributed by atoms with van der Waals surface area (Å²) >= 11 is 0. The molecular weight excluding hydrogens is 250 g/mol. The first-order valence-corrected chi connectivity index (χ1v) is 4.08. The van der Waals surface area contributed by atoms with E-state index < -0.39 is 30.2 Å². The lowest BCUT2D eigenvalue weighted by molar-refractivity contribution is -0.137. The van der Waals surface area contributed by atoms with Gasteiger partial charge in [-0.15, -0.1) is 12.4 Å². The molecule has 0 aliphatic rings. The smallest absolute Gasteiger partial charge is 0.394 e. The summed E-state index contributed by atoms with van der Waals surface area (Å²) in [6.07, 6.45) is -4.62. The first-order chi connectivity index (χ1) is 6.84. The SMILES string of the molecule is Cl.N[C@@H](CO)c1cc(F)cc(C(F)(F)F)c1. The summed E-state index contributed by atoms with van der Waals surface area (Å²) in [6, 6.07) is 0.968. The van der Waals surface area contributed by atoms with Crippen LogP contribution in [0.4, 0.5) is 17.6 Å². The van der Waals surface area contributed by atoms with Crippen molar-refractivity contribution in [2.45, 2.75) is 12.2 Å². The lowest BCUT2D eigenvalue weighted by Crippen LogP contribution is -2.16. The molecule has 1 aromatic rings. The fraction of sp³-hybridized carbons (Fsp3) is 0.333. The molecule has 0 spiro atoms. The van der Waals surface area contributed by atoms with Gasteiger partial charge >= 0.3 is 6.18 Å². The van der Waals surface area contributed by atoms with Crippen molar-refractivity contribution in [1.29, 1.82) is 0 Å². The van der Waals surface area contributed by atoms with Gasteiger partial charge in [-0.1, -0.05) is 0 Å². The first kappa shape index (κ1) is 15.2. The predicted molar refractivity (Wildman–Crippen MR) is 52.7 cm³/mol. The molecule has 2 nitrogen and oxygen atoms in total. The van der Waals surface area contributed by atoms with E-state index in [0.717, 1.165) is 12.1 Å². The Morgan fingerprint density at radius 3 is 2.25 bits per heavy atom. The van der Waals surface area contributed by atoms with Crippen LogP contribution in [0.3, 0.4) is 0 Å². The van der Waals surface area contributed by atoms with Crippen LogP contribution >= 0.6 is 12.4 Å². The van der Waals surface area contributed by atoms with E-state index in [4.69, 9.17) is 10.8 Å². The molecule has 0 heterocycles. The van der Waals surface area contributed by atoms with E-state index in [9.17, 15) is 17.6 Å². The zero-order valence-corrected chi connectivity index (χ0v) is 8.78.